The molecule has 2 aliphatic heterocycles. The van der Waals surface area contributed by atoms with Crippen LogP contribution in [0.3, 0.4) is 0 Å². The molecule has 2 aromatic carbocycles. The number of nitrogens with zero attached hydrogens (tertiary/aromatic N) is 3. The van der Waals surface area contributed by atoms with Gasteiger partial charge in [0.15, 0.2) is 18.1 Å². The summed E-state index contributed by atoms with van der Waals surface area (Å²) in [6.07, 6.45) is 1.57. The number of carbonyl (C=O) groups is 2. The van der Waals surface area contributed by atoms with Gasteiger partial charge in [-0.15, -0.1) is 0 Å². The van der Waals surface area contributed by atoms with E-state index in [0.717, 1.165) is 0 Å². The topological polar surface area (TPSA) is 126 Å². The standard InChI is InChI=1S/C28H26FN5O5/c1-37-24-3-2-19-11-25(24)38-16-27(35)32-14-18-8-20(29)12-21(9-18)39-23-5-7-34(15-22(23)33-28(19)36)26-10-17(13-30)4-6-31-26/h2-4,6,8-12,22-23H,5,7,14-16H2,1H3,(H,32,35)(H,33,36)/t22-,23+/m0/s1. The van der Waals surface area contributed by atoms with E-state index in [9.17, 15) is 19.2 Å². The first-order chi connectivity index (χ1) is 18.9. The Bertz CT molecular complexity index is 1440. The van der Waals surface area contributed by atoms with Crippen molar-refractivity contribution in [1.82, 2.24) is 15.6 Å². The third-order valence-electron chi connectivity index (χ3n) is 6.56. The van der Waals surface area contributed by atoms with Gasteiger partial charge in [0.25, 0.3) is 11.8 Å². The number of hydrogen-bond acceptors (Lipinski definition) is 8. The number of carbonyl (C=O) groups excluding carboxylic acids is 2. The molecule has 2 atom stereocenters. The highest BCUT2D eigenvalue weighted by molar-refractivity contribution is 5.95. The van der Waals surface area contributed by atoms with Gasteiger partial charge in [-0.05, 0) is 48.0 Å². The molecule has 0 radical (unpaired) electrons. The van der Waals surface area contributed by atoms with Gasteiger partial charge in [-0.3, -0.25) is 9.59 Å². The zero-order valence-electron chi connectivity index (χ0n) is 21.1. The number of nitriles is 1. The number of hydrogen-bond donors (Lipinski definition) is 2. The van der Waals surface area contributed by atoms with Gasteiger partial charge < -0.3 is 29.7 Å². The van der Waals surface area contributed by atoms with E-state index in [-0.39, 0.29) is 24.7 Å². The molecule has 0 spiro atoms. The fraction of sp³-hybridized carbons (Fsp3) is 0.286. The quantitative estimate of drug-likeness (QED) is 0.517. The van der Waals surface area contributed by atoms with Crippen molar-refractivity contribution in [1.29, 1.82) is 5.26 Å². The maximum absolute atomic E-state index is 14.5. The van der Waals surface area contributed by atoms with Crippen LogP contribution in [0.4, 0.5) is 10.2 Å². The highest BCUT2D eigenvalue weighted by atomic mass is 19.1. The van der Waals surface area contributed by atoms with Crippen molar-refractivity contribution < 1.29 is 28.2 Å². The number of rotatable bonds is 2. The summed E-state index contributed by atoms with van der Waals surface area (Å²) < 4.78 is 31.7. The average molecular weight is 532 g/mol. The molecule has 0 aliphatic carbocycles. The molecular weight excluding hydrogens is 505 g/mol. The molecular formula is C28H26FN5O5. The van der Waals surface area contributed by atoms with Crippen LogP contribution in [-0.4, -0.2) is 55.8 Å². The van der Waals surface area contributed by atoms with E-state index in [2.05, 4.69) is 21.7 Å². The van der Waals surface area contributed by atoms with Crippen LogP contribution in [0.2, 0.25) is 0 Å². The number of fused-ring (bicyclic) bond motifs is 5. The molecule has 1 saturated heterocycles. The second-order valence-electron chi connectivity index (χ2n) is 9.21. The van der Waals surface area contributed by atoms with Gasteiger partial charge in [-0.1, -0.05) is 0 Å². The highest BCUT2D eigenvalue weighted by Gasteiger charge is 2.33. The molecule has 4 bridgehead atoms. The molecule has 2 amide bonds. The van der Waals surface area contributed by atoms with Crippen molar-refractivity contribution in [2.75, 3.05) is 31.7 Å². The monoisotopic (exact) mass is 531 g/mol. The number of nitrogens with one attached hydrogen (secondary N) is 2. The number of ether oxygens (including phenoxy) is 3. The maximum atomic E-state index is 14.5. The molecule has 39 heavy (non-hydrogen) atoms. The van der Waals surface area contributed by atoms with Crippen LogP contribution in [0.15, 0.2) is 54.7 Å². The first-order valence-electron chi connectivity index (χ1n) is 12.4. The predicted octanol–water partition coefficient (Wildman–Crippen LogP) is 2.57. The number of anilines is 1. The number of methoxy groups -OCH3 is 1. The van der Waals surface area contributed by atoms with Crippen LogP contribution < -0.4 is 29.7 Å². The minimum Gasteiger partial charge on any atom is -0.493 e. The molecule has 3 aromatic rings. The summed E-state index contributed by atoms with van der Waals surface area (Å²) >= 11 is 0. The Morgan fingerprint density at radius 2 is 2.05 bits per heavy atom. The minimum absolute atomic E-state index is 0.0764. The first kappa shape index (κ1) is 25.8. The Kier molecular flexibility index (Phi) is 7.45. The number of halogens is 1. The lowest BCUT2D eigenvalue weighted by atomic mass is 10.0. The maximum Gasteiger partial charge on any atom is 0.258 e. The van der Waals surface area contributed by atoms with E-state index in [1.54, 1.807) is 36.5 Å². The Labute approximate surface area is 224 Å². The van der Waals surface area contributed by atoms with Gasteiger partial charge in [-0.2, -0.15) is 5.26 Å². The van der Waals surface area contributed by atoms with Crippen LogP contribution in [0.5, 0.6) is 17.2 Å². The van der Waals surface area contributed by atoms with E-state index >= 15 is 0 Å². The normalized spacial score (nSPS) is 19.4. The summed E-state index contributed by atoms with van der Waals surface area (Å²) in [6.45, 7) is 0.634. The molecule has 2 N–H and O–H groups in total. The van der Waals surface area contributed by atoms with Crippen molar-refractivity contribution in [3.05, 3.63) is 77.2 Å². The third-order valence-corrected chi connectivity index (χ3v) is 6.56. The number of pyridine rings is 1. The molecule has 3 heterocycles. The zero-order chi connectivity index (χ0) is 27.4. The minimum atomic E-state index is -0.510. The lowest BCUT2D eigenvalue weighted by molar-refractivity contribution is -0.123. The Morgan fingerprint density at radius 3 is 2.87 bits per heavy atom. The van der Waals surface area contributed by atoms with E-state index in [1.807, 2.05) is 4.90 Å². The summed E-state index contributed by atoms with van der Waals surface area (Å²) in [5.41, 5.74) is 1.29. The number of aromatic nitrogens is 1. The zero-order valence-corrected chi connectivity index (χ0v) is 21.1. The van der Waals surface area contributed by atoms with E-state index in [0.29, 0.717) is 47.8 Å². The number of amides is 2. The fourth-order valence-corrected chi connectivity index (χ4v) is 4.62. The van der Waals surface area contributed by atoms with Gasteiger partial charge in [-0.25, -0.2) is 9.37 Å². The SMILES string of the molecule is COc1ccc2cc1OCC(=O)NCc1cc(F)cc(c1)O[C@@H]1CCN(c3cc(C#N)ccn3)C[C@@H]1NC2=O. The smallest absolute Gasteiger partial charge is 0.258 e. The molecule has 0 unspecified atom stereocenters. The van der Waals surface area contributed by atoms with E-state index < -0.39 is 29.8 Å². The lowest BCUT2D eigenvalue weighted by Gasteiger charge is -2.39. The summed E-state index contributed by atoms with van der Waals surface area (Å²) in [5.74, 6) is 0.170. The molecule has 11 heteroatoms. The van der Waals surface area contributed by atoms with E-state index in [4.69, 9.17) is 14.2 Å². The molecule has 1 aromatic heterocycles. The number of benzene rings is 2. The average Bonchev–Trinajstić information content (AvgIpc) is 2.95. The molecule has 200 valence electrons. The fourth-order valence-electron chi connectivity index (χ4n) is 4.62. The molecule has 5 rings (SSSR count). The van der Waals surface area contributed by atoms with E-state index in [1.165, 1.54) is 25.3 Å². The largest absolute Gasteiger partial charge is 0.493 e. The summed E-state index contributed by atoms with van der Waals surface area (Å²) in [4.78, 5) is 32.1. The Hall–Kier alpha value is -4.85. The van der Waals surface area contributed by atoms with Crippen molar-refractivity contribution in [2.24, 2.45) is 0 Å². The third kappa shape index (κ3) is 6.01. The van der Waals surface area contributed by atoms with Crippen LogP contribution >= 0.6 is 0 Å². The van der Waals surface area contributed by atoms with Crippen molar-refractivity contribution in [2.45, 2.75) is 25.1 Å². The molecule has 1 fully saturated rings. The summed E-state index contributed by atoms with van der Waals surface area (Å²) in [6, 6.07) is 13.9. The van der Waals surface area contributed by atoms with Gasteiger partial charge in [0.05, 0.1) is 24.8 Å². The van der Waals surface area contributed by atoms with Crippen LogP contribution in [0.1, 0.15) is 27.9 Å². The lowest BCUT2D eigenvalue weighted by Crippen LogP contribution is -2.57. The van der Waals surface area contributed by atoms with Gasteiger partial charge in [0.2, 0.25) is 0 Å². The highest BCUT2D eigenvalue weighted by Crippen LogP contribution is 2.29. The first-order valence-corrected chi connectivity index (χ1v) is 12.4. The van der Waals surface area contributed by atoms with Crippen molar-refractivity contribution in [3.63, 3.8) is 0 Å². The van der Waals surface area contributed by atoms with Gasteiger partial charge in [0, 0.05) is 43.9 Å². The van der Waals surface area contributed by atoms with Crippen molar-refractivity contribution in [3.8, 4) is 23.3 Å². The predicted molar refractivity (Wildman–Crippen MR) is 138 cm³/mol. The number of piperidine rings is 1. The van der Waals surface area contributed by atoms with Crippen LogP contribution in [0, 0.1) is 17.1 Å². The molecule has 0 saturated carbocycles. The Morgan fingerprint density at radius 1 is 1.18 bits per heavy atom. The second-order valence-corrected chi connectivity index (χ2v) is 9.21. The molecule has 2 aliphatic rings. The van der Waals surface area contributed by atoms with Crippen LogP contribution in [0.25, 0.3) is 0 Å². The second kappa shape index (κ2) is 11.3. The summed E-state index contributed by atoms with van der Waals surface area (Å²) in [5, 5.41) is 15.0. The van der Waals surface area contributed by atoms with Gasteiger partial charge >= 0.3 is 0 Å². The Balaban J connectivity index is 1.49. The van der Waals surface area contributed by atoms with Gasteiger partial charge in [0.1, 0.15) is 23.5 Å². The van der Waals surface area contributed by atoms with Crippen molar-refractivity contribution >= 4 is 17.6 Å². The molecule has 10 nitrogen and oxygen atoms in total. The summed E-state index contributed by atoms with van der Waals surface area (Å²) in [7, 11) is 1.46. The van der Waals surface area contributed by atoms with Crippen LogP contribution in [-0.2, 0) is 11.3 Å².